The standard InChI is InChI=1S/C10H7NO2.2H2O/c12-10(13)8-5-7-3-1-2-4-9(7)11-6-8;;/h1-6H,(H,12,13);2*1H2. The second kappa shape index (κ2) is 5.04. The summed E-state index contributed by atoms with van der Waals surface area (Å²) in [6.07, 6.45) is 1.37. The summed E-state index contributed by atoms with van der Waals surface area (Å²) in [5.74, 6) is -0.946. The van der Waals surface area contributed by atoms with Crippen molar-refractivity contribution in [1.82, 2.24) is 4.98 Å². The molecule has 0 aliphatic heterocycles. The van der Waals surface area contributed by atoms with Crippen LogP contribution < -0.4 is 0 Å². The van der Waals surface area contributed by atoms with E-state index >= 15 is 0 Å². The average molecular weight is 209 g/mol. The number of fused-ring (bicyclic) bond motifs is 1. The normalized spacial score (nSPS) is 8.80. The number of hydrogen-bond donors (Lipinski definition) is 1. The molecule has 0 atom stereocenters. The van der Waals surface area contributed by atoms with Crippen LogP contribution in [0.1, 0.15) is 10.4 Å². The van der Waals surface area contributed by atoms with Gasteiger partial charge in [0.1, 0.15) is 0 Å². The molecule has 0 spiro atoms. The van der Waals surface area contributed by atoms with Gasteiger partial charge in [-0.1, -0.05) is 18.2 Å². The van der Waals surface area contributed by atoms with E-state index in [4.69, 9.17) is 5.11 Å². The molecule has 0 saturated carbocycles. The Kier molecular flexibility index (Phi) is 4.37. The highest BCUT2D eigenvalue weighted by Crippen LogP contribution is 2.12. The molecule has 5 heteroatoms. The number of pyridine rings is 1. The third kappa shape index (κ3) is 2.49. The van der Waals surface area contributed by atoms with Gasteiger partial charge in [0, 0.05) is 11.6 Å². The zero-order valence-electron chi connectivity index (χ0n) is 7.77. The number of aromatic nitrogens is 1. The first-order chi connectivity index (χ1) is 6.27. The number of aromatic carboxylic acids is 1. The van der Waals surface area contributed by atoms with Crippen molar-refractivity contribution in [2.45, 2.75) is 0 Å². The largest absolute Gasteiger partial charge is 0.478 e. The molecule has 1 aromatic heterocycles. The minimum Gasteiger partial charge on any atom is -0.478 e. The van der Waals surface area contributed by atoms with Gasteiger partial charge in [-0.25, -0.2) is 4.79 Å². The van der Waals surface area contributed by atoms with Crippen molar-refractivity contribution in [1.29, 1.82) is 0 Å². The van der Waals surface area contributed by atoms with Crippen LogP contribution in [0, 0.1) is 0 Å². The minimum atomic E-state index is -0.946. The monoisotopic (exact) mass is 209 g/mol. The Balaban J connectivity index is 0.000000980. The summed E-state index contributed by atoms with van der Waals surface area (Å²) in [7, 11) is 0. The van der Waals surface area contributed by atoms with Crippen LogP contribution in [0.25, 0.3) is 10.9 Å². The predicted molar refractivity (Wildman–Crippen MR) is 55.9 cm³/mol. The highest BCUT2D eigenvalue weighted by molar-refractivity contribution is 5.92. The van der Waals surface area contributed by atoms with Gasteiger partial charge in [-0.15, -0.1) is 0 Å². The highest BCUT2D eigenvalue weighted by Gasteiger charge is 2.03. The summed E-state index contributed by atoms with van der Waals surface area (Å²) >= 11 is 0. The number of carboxylic acids is 1. The lowest BCUT2D eigenvalue weighted by molar-refractivity contribution is 0.0696. The Morgan fingerprint density at radius 1 is 1.20 bits per heavy atom. The molecule has 0 bridgehead atoms. The van der Waals surface area contributed by atoms with Gasteiger partial charge in [0.05, 0.1) is 11.1 Å². The summed E-state index contributed by atoms with van der Waals surface area (Å²) in [5.41, 5.74) is 1.03. The number of rotatable bonds is 1. The van der Waals surface area contributed by atoms with E-state index in [2.05, 4.69) is 4.98 Å². The SMILES string of the molecule is O.O.O=C(O)c1cnc2ccccc2c1. The Bertz CT molecular complexity index is 470. The molecule has 0 unspecified atom stereocenters. The van der Waals surface area contributed by atoms with Gasteiger partial charge in [0.25, 0.3) is 0 Å². The Morgan fingerprint density at radius 2 is 1.87 bits per heavy atom. The van der Waals surface area contributed by atoms with E-state index in [1.807, 2.05) is 24.3 Å². The van der Waals surface area contributed by atoms with Crippen LogP contribution in [-0.4, -0.2) is 27.0 Å². The first-order valence-corrected chi connectivity index (χ1v) is 3.85. The number of hydrogen-bond acceptors (Lipinski definition) is 2. The summed E-state index contributed by atoms with van der Waals surface area (Å²) in [6.45, 7) is 0. The van der Waals surface area contributed by atoms with E-state index in [1.165, 1.54) is 6.20 Å². The molecule has 1 heterocycles. The molecule has 5 N–H and O–H groups in total. The lowest BCUT2D eigenvalue weighted by Crippen LogP contribution is -1.96. The molecule has 2 aromatic rings. The molecule has 2 rings (SSSR count). The van der Waals surface area contributed by atoms with Crippen LogP contribution in [0.5, 0.6) is 0 Å². The fraction of sp³-hybridized carbons (Fsp3) is 0. The lowest BCUT2D eigenvalue weighted by atomic mass is 10.2. The molecule has 0 aliphatic rings. The molecule has 0 saturated heterocycles. The van der Waals surface area contributed by atoms with Crippen LogP contribution in [0.2, 0.25) is 0 Å². The summed E-state index contributed by atoms with van der Waals surface area (Å²) < 4.78 is 0. The molecule has 80 valence electrons. The van der Waals surface area contributed by atoms with Crippen molar-refractivity contribution >= 4 is 16.9 Å². The Hall–Kier alpha value is -1.98. The zero-order valence-corrected chi connectivity index (χ0v) is 7.77. The van der Waals surface area contributed by atoms with E-state index in [0.29, 0.717) is 0 Å². The van der Waals surface area contributed by atoms with E-state index in [0.717, 1.165) is 10.9 Å². The van der Waals surface area contributed by atoms with Crippen molar-refractivity contribution in [2.24, 2.45) is 0 Å². The number of benzene rings is 1. The first kappa shape index (κ1) is 13.0. The van der Waals surface area contributed by atoms with Gasteiger partial charge >= 0.3 is 5.97 Å². The number of para-hydroxylation sites is 1. The van der Waals surface area contributed by atoms with Crippen molar-refractivity contribution in [3.63, 3.8) is 0 Å². The van der Waals surface area contributed by atoms with Gasteiger partial charge in [-0.2, -0.15) is 0 Å². The van der Waals surface area contributed by atoms with Gasteiger partial charge < -0.3 is 16.1 Å². The second-order valence-electron chi connectivity index (χ2n) is 2.72. The van der Waals surface area contributed by atoms with Crippen molar-refractivity contribution in [2.75, 3.05) is 0 Å². The van der Waals surface area contributed by atoms with Crippen LogP contribution in [0.15, 0.2) is 36.5 Å². The lowest BCUT2D eigenvalue weighted by Gasteiger charge is -1.97. The summed E-state index contributed by atoms with van der Waals surface area (Å²) in [4.78, 5) is 14.6. The van der Waals surface area contributed by atoms with Gasteiger partial charge in [0.15, 0.2) is 0 Å². The molecule has 1 aromatic carbocycles. The van der Waals surface area contributed by atoms with Crippen LogP contribution in [-0.2, 0) is 0 Å². The fourth-order valence-corrected chi connectivity index (χ4v) is 1.19. The molecule has 0 aliphatic carbocycles. The van der Waals surface area contributed by atoms with E-state index in [-0.39, 0.29) is 16.5 Å². The average Bonchev–Trinajstić information content (AvgIpc) is 2.17. The molecule has 15 heavy (non-hydrogen) atoms. The third-order valence-electron chi connectivity index (χ3n) is 1.84. The van der Waals surface area contributed by atoms with Crippen LogP contribution >= 0.6 is 0 Å². The summed E-state index contributed by atoms with van der Waals surface area (Å²) in [6, 6.07) is 9.03. The molecule has 0 amide bonds. The maximum Gasteiger partial charge on any atom is 0.337 e. The Morgan fingerprint density at radius 3 is 2.53 bits per heavy atom. The van der Waals surface area contributed by atoms with Gasteiger partial charge in [-0.3, -0.25) is 4.98 Å². The molecular weight excluding hydrogens is 198 g/mol. The van der Waals surface area contributed by atoms with E-state index < -0.39 is 5.97 Å². The zero-order chi connectivity index (χ0) is 9.26. The van der Waals surface area contributed by atoms with Crippen molar-refractivity contribution in [3.8, 4) is 0 Å². The Labute approximate surface area is 85.6 Å². The smallest absolute Gasteiger partial charge is 0.337 e. The first-order valence-electron chi connectivity index (χ1n) is 3.85. The minimum absolute atomic E-state index is 0. The quantitative estimate of drug-likeness (QED) is 0.727. The molecule has 5 nitrogen and oxygen atoms in total. The predicted octanol–water partition coefficient (Wildman–Crippen LogP) is 0.284. The van der Waals surface area contributed by atoms with Crippen LogP contribution in [0.4, 0.5) is 0 Å². The van der Waals surface area contributed by atoms with Crippen molar-refractivity contribution in [3.05, 3.63) is 42.1 Å². The topological polar surface area (TPSA) is 113 Å². The second-order valence-corrected chi connectivity index (χ2v) is 2.72. The van der Waals surface area contributed by atoms with Crippen LogP contribution in [0.3, 0.4) is 0 Å². The third-order valence-corrected chi connectivity index (χ3v) is 1.84. The summed E-state index contributed by atoms with van der Waals surface area (Å²) in [5, 5.41) is 9.55. The maximum absolute atomic E-state index is 10.6. The number of carboxylic acid groups (broad SMARTS) is 1. The van der Waals surface area contributed by atoms with Gasteiger partial charge in [-0.05, 0) is 12.1 Å². The fourth-order valence-electron chi connectivity index (χ4n) is 1.19. The van der Waals surface area contributed by atoms with Gasteiger partial charge in [0.2, 0.25) is 0 Å². The number of carbonyl (C=O) groups is 1. The molecular formula is C10H11NO4. The molecule has 0 fully saturated rings. The van der Waals surface area contributed by atoms with E-state index in [9.17, 15) is 4.79 Å². The van der Waals surface area contributed by atoms with E-state index in [1.54, 1.807) is 6.07 Å². The van der Waals surface area contributed by atoms with Crippen molar-refractivity contribution < 1.29 is 20.9 Å². The molecule has 0 radical (unpaired) electrons. The highest BCUT2D eigenvalue weighted by atomic mass is 16.4. The maximum atomic E-state index is 10.6. The number of nitrogens with zero attached hydrogens (tertiary/aromatic N) is 1.